The van der Waals surface area contributed by atoms with Gasteiger partial charge in [-0.25, -0.2) is 4.79 Å². The van der Waals surface area contributed by atoms with Gasteiger partial charge in [-0.15, -0.1) is 22.0 Å². The number of aromatic nitrogens is 2. The highest BCUT2D eigenvalue weighted by atomic mass is 32.2. The normalized spacial score (nSPS) is 23.6. The Morgan fingerprint density at radius 2 is 2.26 bits per heavy atom. The average molecular weight is 373 g/mol. The molecule has 124 valence electrons. The first-order chi connectivity index (χ1) is 10.9. The van der Waals surface area contributed by atoms with Crippen molar-refractivity contribution in [2.45, 2.75) is 15.8 Å². The van der Waals surface area contributed by atoms with Gasteiger partial charge in [0.25, 0.3) is 0 Å². The SMILES string of the molecule is CN(C)c1nnc(SCC2=C(C(=O)O)N3C(=O)C(N)[C@H]3SC2)s1. The number of nitrogens with zero attached hydrogens (tertiary/aromatic N) is 4. The van der Waals surface area contributed by atoms with Crippen LogP contribution in [0.25, 0.3) is 0 Å². The highest BCUT2D eigenvalue weighted by molar-refractivity contribution is 8.01. The van der Waals surface area contributed by atoms with Crippen molar-refractivity contribution in [1.82, 2.24) is 15.1 Å². The van der Waals surface area contributed by atoms with Gasteiger partial charge >= 0.3 is 5.97 Å². The summed E-state index contributed by atoms with van der Waals surface area (Å²) in [5, 5.41) is 18.1. The Hall–Kier alpha value is -1.30. The highest BCUT2D eigenvalue weighted by Gasteiger charge is 2.51. The Labute approximate surface area is 145 Å². The lowest BCUT2D eigenvalue weighted by molar-refractivity contribution is -0.147. The monoisotopic (exact) mass is 373 g/mol. The van der Waals surface area contributed by atoms with E-state index in [1.807, 2.05) is 19.0 Å². The lowest BCUT2D eigenvalue weighted by Crippen LogP contribution is -2.68. The van der Waals surface area contributed by atoms with Crippen molar-refractivity contribution in [3.63, 3.8) is 0 Å². The van der Waals surface area contributed by atoms with E-state index in [2.05, 4.69) is 10.2 Å². The number of fused-ring (bicyclic) bond motifs is 1. The van der Waals surface area contributed by atoms with Crippen LogP contribution in [0, 0.1) is 0 Å². The number of nitrogens with two attached hydrogens (primary N) is 1. The van der Waals surface area contributed by atoms with Crippen LogP contribution in [0.15, 0.2) is 15.6 Å². The van der Waals surface area contributed by atoms with E-state index in [4.69, 9.17) is 5.73 Å². The number of carbonyl (C=O) groups excluding carboxylic acids is 1. The van der Waals surface area contributed by atoms with Crippen LogP contribution in [-0.2, 0) is 9.59 Å². The van der Waals surface area contributed by atoms with E-state index in [1.54, 1.807) is 0 Å². The zero-order valence-corrected chi connectivity index (χ0v) is 14.9. The Kier molecular flexibility index (Phi) is 4.54. The third kappa shape index (κ3) is 2.93. The number of carboxylic acid groups (broad SMARTS) is 1. The molecule has 2 aliphatic heterocycles. The number of aliphatic carboxylic acids is 1. The first-order valence-corrected chi connectivity index (χ1v) is 9.54. The second kappa shape index (κ2) is 6.30. The molecule has 1 saturated heterocycles. The van der Waals surface area contributed by atoms with Crippen molar-refractivity contribution in [1.29, 1.82) is 0 Å². The lowest BCUT2D eigenvalue weighted by atomic mass is 10.0. The predicted molar refractivity (Wildman–Crippen MR) is 90.7 cm³/mol. The molecule has 0 aromatic carbocycles. The second-order valence-electron chi connectivity index (χ2n) is 5.23. The van der Waals surface area contributed by atoms with Crippen molar-refractivity contribution in [3.05, 3.63) is 11.3 Å². The van der Waals surface area contributed by atoms with Gasteiger partial charge in [-0.1, -0.05) is 23.1 Å². The van der Waals surface area contributed by atoms with Crippen LogP contribution in [0.5, 0.6) is 0 Å². The first-order valence-electron chi connectivity index (χ1n) is 6.69. The predicted octanol–water partition coefficient (Wildman–Crippen LogP) is 0.277. The zero-order chi connectivity index (χ0) is 16.7. The summed E-state index contributed by atoms with van der Waals surface area (Å²) in [5.41, 5.74) is 6.51. The summed E-state index contributed by atoms with van der Waals surface area (Å²) >= 11 is 4.38. The molecule has 8 nitrogen and oxygen atoms in total. The van der Waals surface area contributed by atoms with Crippen molar-refractivity contribution in [3.8, 4) is 0 Å². The fourth-order valence-electron chi connectivity index (χ4n) is 2.28. The minimum atomic E-state index is -1.09. The molecule has 0 bridgehead atoms. The van der Waals surface area contributed by atoms with Crippen LogP contribution in [0.4, 0.5) is 5.13 Å². The minimum Gasteiger partial charge on any atom is -0.477 e. The summed E-state index contributed by atoms with van der Waals surface area (Å²) in [6.45, 7) is 0. The number of hydrogen-bond donors (Lipinski definition) is 2. The van der Waals surface area contributed by atoms with Gasteiger partial charge in [-0.2, -0.15) is 0 Å². The van der Waals surface area contributed by atoms with Gasteiger partial charge in [-0.3, -0.25) is 9.69 Å². The molecule has 0 aliphatic carbocycles. The van der Waals surface area contributed by atoms with E-state index in [1.165, 1.54) is 39.8 Å². The molecule has 2 aliphatic rings. The molecule has 23 heavy (non-hydrogen) atoms. The van der Waals surface area contributed by atoms with E-state index in [0.29, 0.717) is 17.1 Å². The van der Waals surface area contributed by atoms with Gasteiger partial charge < -0.3 is 15.7 Å². The van der Waals surface area contributed by atoms with E-state index >= 15 is 0 Å². The van der Waals surface area contributed by atoms with Crippen LogP contribution in [-0.4, -0.2) is 69.1 Å². The summed E-state index contributed by atoms with van der Waals surface area (Å²) in [6, 6.07) is -0.602. The topological polar surface area (TPSA) is 113 Å². The summed E-state index contributed by atoms with van der Waals surface area (Å²) in [6.07, 6.45) is 0. The molecular formula is C12H15N5O3S3. The fourth-order valence-corrected chi connectivity index (χ4v) is 5.48. The number of rotatable bonds is 5. The van der Waals surface area contributed by atoms with Crippen molar-refractivity contribution >= 4 is 51.9 Å². The molecule has 3 heterocycles. The summed E-state index contributed by atoms with van der Waals surface area (Å²) < 4.78 is 0.768. The maximum atomic E-state index is 11.9. The van der Waals surface area contributed by atoms with Gasteiger partial charge in [0, 0.05) is 25.6 Å². The van der Waals surface area contributed by atoms with Gasteiger partial charge in [0.15, 0.2) is 4.34 Å². The molecule has 1 amide bonds. The Bertz CT molecular complexity index is 689. The smallest absolute Gasteiger partial charge is 0.352 e. The number of hydrogen-bond acceptors (Lipinski definition) is 9. The molecule has 1 aromatic rings. The number of thioether (sulfide) groups is 2. The molecule has 0 saturated carbocycles. The third-order valence-electron chi connectivity index (χ3n) is 3.44. The van der Waals surface area contributed by atoms with Gasteiger partial charge in [0.2, 0.25) is 11.0 Å². The number of anilines is 1. The molecule has 1 aromatic heterocycles. The molecule has 0 radical (unpaired) electrons. The molecule has 1 fully saturated rings. The first kappa shape index (κ1) is 16.6. The Morgan fingerprint density at radius 3 is 2.87 bits per heavy atom. The Balaban J connectivity index is 1.77. The maximum Gasteiger partial charge on any atom is 0.352 e. The van der Waals surface area contributed by atoms with E-state index in [9.17, 15) is 14.7 Å². The maximum absolute atomic E-state index is 11.9. The lowest BCUT2D eigenvalue weighted by Gasteiger charge is -2.48. The molecule has 11 heteroatoms. The number of amides is 1. The number of carbonyl (C=O) groups is 2. The largest absolute Gasteiger partial charge is 0.477 e. The van der Waals surface area contributed by atoms with Crippen LogP contribution in [0.1, 0.15) is 0 Å². The molecule has 3 rings (SSSR count). The second-order valence-corrected chi connectivity index (χ2v) is 8.51. The summed E-state index contributed by atoms with van der Waals surface area (Å²) in [4.78, 5) is 26.6. The summed E-state index contributed by atoms with van der Waals surface area (Å²) in [5.74, 6) is -0.399. The number of carboxylic acids is 1. The third-order valence-corrected chi connectivity index (χ3v) is 7.11. The average Bonchev–Trinajstić information content (AvgIpc) is 3.00. The zero-order valence-electron chi connectivity index (χ0n) is 12.4. The molecule has 0 spiro atoms. The van der Waals surface area contributed by atoms with E-state index in [0.717, 1.165) is 9.47 Å². The van der Waals surface area contributed by atoms with Crippen LogP contribution in [0.2, 0.25) is 0 Å². The molecule has 3 N–H and O–H groups in total. The minimum absolute atomic E-state index is 0.0744. The van der Waals surface area contributed by atoms with E-state index < -0.39 is 12.0 Å². The summed E-state index contributed by atoms with van der Waals surface area (Å²) in [7, 11) is 3.77. The number of β-lactam (4-membered cyclic amide) rings is 1. The molecular weight excluding hydrogens is 358 g/mol. The molecule has 2 atom stereocenters. The Morgan fingerprint density at radius 1 is 1.52 bits per heavy atom. The highest BCUT2D eigenvalue weighted by Crippen LogP contribution is 2.41. The standard InChI is InChI=1S/C12H15N5O3S3/c1-16(2)11-14-15-12(23-11)22-4-5-3-21-9-6(13)8(18)17(9)7(5)10(19)20/h6,9H,3-4,13H2,1-2H3,(H,19,20)/t6?,9-/m1/s1. The van der Waals surface area contributed by atoms with Gasteiger partial charge in [-0.05, 0) is 5.57 Å². The van der Waals surface area contributed by atoms with Crippen molar-refractivity contribution < 1.29 is 14.7 Å². The fraction of sp³-hybridized carbons (Fsp3) is 0.500. The van der Waals surface area contributed by atoms with Gasteiger partial charge in [0.05, 0.1) is 0 Å². The van der Waals surface area contributed by atoms with Gasteiger partial charge in [0.1, 0.15) is 17.1 Å². The van der Waals surface area contributed by atoms with E-state index in [-0.39, 0.29) is 17.0 Å². The van der Waals surface area contributed by atoms with Crippen LogP contribution >= 0.6 is 34.9 Å². The quantitative estimate of drug-likeness (QED) is 0.555. The van der Waals surface area contributed by atoms with Crippen LogP contribution in [0.3, 0.4) is 0 Å². The van der Waals surface area contributed by atoms with Crippen LogP contribution < -0.4 is 10.6 Å². The van der Waals surface area contributed by atoms with Crippen molar-refractivity contribution in [2.24, 2.45) is 5.73 Å². The molecule has 1 unspecified atom stereocenters. The van der Waals surface area contributed by atoms with Crippen molar-refractivity contribution in [2.75, 3.05) is 30.5 Å².